The van der Waals surface area contributed by atoms with Crippen molar-refractivity contribution in [3.63, 3.8) is 0 Å². The van der Waals surface area contributed by atoms with Gasteiger partial charge in [0.2, 0.25) is 0 Å². The monoisotopic (exact) mass is 266 g/mol. The van der Waals surface area contributed by atoms with E-state index in [0.717, 1.165) is 23.0 Å². The number of aryl methyl sites for hydroxylation is 1. The molecule has 1 saturated carbocycles. The quantitative estimate of drug-likeness (QED) is 0.765. The maximum absolute atomic E-state index is 5.94. The summed E-state index contributed by atoms with van der Waals surface area (Å²) in [6.07, 6.45) is 5.33. The average molecular weight is 267 g/mol. The summed E-state index contributed by atoms with van der Waals surface area (Å²) in [5, 5.41) is 0. The van der Waals surface area contributed by atoms with E-state index in [9.17, 15) is 0 Å². The number of pyridine rings is 1. The van der Waals surface area contributed by atoms with Crippen molar-refractivity contribution in [2.45, 2.75) is 51.5 Å². The van der Waals surface area contributed by atoms with Crippen LogP contribution >= 0.6 is 11.6 Å². The largest absolute Gasteiger partial charge is 0.356 e. The summed E-state index contributed by atoms with van der Waals surface area (Å²) >= 11 is 5.94. The van der Waals surface area contributed by atoms with Gasteiger partial charge in [0, 0.05) is 24.7 Å². The highest BCUT2D eigenvalue weighted by Gasteiger charge is 2.25. The molecule has 1 aliphatic carbocycles. The number of halogens is 1. The summed E-state index contributed by atoms with van der Waals surface area (Å²) in [7, 11) is 2.17. The number of anilines is 1. The molecule has 0 N–H and O–H groups in total. The Morgan fingerprint density at radius 1 is 1.33 bits per heavy atom. The van der Waals surface area contributed by atoms with Crippen molar-refractivity contribution in [3.05, 3.63) is 23.4 Å². The first-order valence-electron chi connectivity index (χ1n) is 6.88. The van der Waals surface area contributed by atoms with Gasteiger partial charge < -0.3 is 4.90 Å². The van der Waals surface area contributed by atoms with Crippen LogP contribution in [-0.4, -0.2) is 18.1 Å². The molecule has 0 bridgehead atoms. The Morgan fingerprint density at radius 2 is 2.06 bits per heavy atom. The van der Waals surface area contributed by atoms with Crippen molar-refractivity contribution in [1.82, 2.24) is 4.98 Å². The van der Waals surface area contributed by atoms with Gasteiger partial charge in [-0.15, -0.1) is 11.6 Å². The molecule has 0 saturated heterocycles. The van der Waals surface area contributed by atoms with Crippen molar-refractivity contribution in [1.29, 1.82) is 0 Å². The zero-order valence-electron chi connectivity index (χ0n) is 11.6. The van der Waals surface area contributed by atoms with Crippen LogP contribution in [0.3, 0.4) is 0 Å². The van der Waals surface area contributed by atoms with Gasteiger partial charge in [-0.05, 0) is 43.4 Å². The van der Waals surface area contributed by atoms with E-state index in [1.54, 1.807) is 0 Å². The van der Waals surface area contributed by atoms with Gasteiger partial charge in [-0.25, -0.2) is 4.98 Å². The molecule has 1 aromatic heterocycles. The van der Waals surface area contributed by atoms with Gasteiger partial charge in [0.15, 0.2) is 0 Å². The Bertz CT molecular complexity index is 405. The summed E-state index contributed by atoms with van der Waals surface area (Å²) in [5.74, 6) is 2.39. The number of nitrogens with zero attached hydrogens (tertiary/aromatic N) is 2. The molecular formula is C15H23ClN2. The Kier molecular flexibility index (Phi) is 4.50. The molecule has 0 amide bonds. The molecule has 0 spiro atoms. The topological polar surface area (TPSA) is 16.1 Å². The van der Waals surface area contributed by atoms with E-state index >= 15 is 0 Å². The summed E-state index contributed by atoms with van der Waals surface area (Å²) in [4.78, 5) is 7.01. The zero-order valence-corrected chi connectivity index (χ0v) is 12.4. The lowest BCUT2D eigenvalue weighted by atomic mass is 9.85. The predicted molar refractivity (Wildman–Crippen MR) is 78.4 cm³/mol. The molecule has 2 nitrogen and oxygen atoms in total. The van der Waals surface area contributed by atoms with Crippen LogP contribution in [0, 0.1) is 12.8 Å². The van der Waals surface area contributed by atoms with Gasteiger partial charge in [-0.3, -0.25) is 0 Å². The Hall–Kier alpha value is -0.760. The van der Waals surface area contributed by atoms with E-state index in [2.05, 4.69) is 36.0 Å². The smallest absolute Gasteiger partial charge is 0.129 e. The normalized spacial score (nSPS) is 24.0. The van der Waals surface area contributed by atoms with Crippen LogP contribution in [0.2, 0.25) is 0 Å². The Balaban J connectivity index is 2.21. The maximum Gasteiger partial charge on any atom is 0.129 e. The van der Waals surface area contributed by atoms with Crippen molar-refractivity contribution >= 4 is 17.4 Å². The SMILES string of the molecule is Cc1cc(CCl)cc(N(C)C2CCCCC2C)n1. The van der Waals surface area contributed by atoms with E-state index < -0.39 is 0 Å². The van der Waals surface area contributed by atoms with Crippen LogP contribution in [0.1, 0.15) is 43.9 Å². The minimum Gasteiger partial charge on any atom is -0.356 e. The highest BCUT2D eigenvalue weighted by atomic mass is 35.5. The van der Waals surface area contributed by atoms with Crippen LogP contribution in [0.4, 0.5) is 5.82 Å². The number of alkyl halides is 1. The average Bonchev–Trinajstić information content (AvgIpc) is 2.37. The van der Waals surface area contributed by atoms with Gasteiger partial charge in [0.1, 0.15) is 5.82 Å². The van der Waals surface area contributed by atoms with Gasteiger partial charge in [0.25, 0.3) is 0 Å². The second-order valence-electron chi connectivity index (χ2n) is 5.55. The van der Waals surface area contributed by atoms with Crippen molar-refractivity contribution in [3.8, 4) is 0 Å². The Morgan fingerprint density at radius 3 is 2.72 bits per heavy atom. The first kappa shape index (κ1) is 13.7. The van der Waals surface area contributed by atoms with E-state index in [-0.39, 0.29) is 0 Å². The molecule has 2 unspecified atom stereocenters. The maximum atomic E-state index is 5.94. The van der Waals surface area contributed by atoms with Crippen molar-refractivity contribution < 1.29 is 0 Å². The lowest BCUT2D eigenvalue weighted by molar-refractivity contribution is 0.320. The molecule has 0 aromatic carbocycles. The molecule has 1 fully saturated rings. The summed E-state index contributed by atoms with van der Waals surface area (Å²) in [6.45, 7) is 4.40. The second-order valence-corrected chi connectivity index (χ2v) is 5.82. The van der Waals surface area contributed by atoms with Crippen LogP contribution in [0.15, 0.2) is 12.1 Å². The fourth-order valence-electron chi connectivity index (χ4n) is 3.02. The molecule has 0 radical (unpaired) electrons. The number of hydrogen-bond acceptors (Lipinski definition) is 2. The number of rotatable bonds is 3. The van der Waals surface area contributed by atoms with E-state index in [4.69, 9.17) is 11.6 Å². The van der Waals surface area contributed by atoms with Crippen molar-refractivity contribution in [2.75, 3.05) is 11.9 Å². The van der Waals surface area contributed by atoms with E-state index in [1.165, 1.54) is 25.7 Å². The summed E-state index contributed by atoms with van der Waals surface area (Å²) < 4.78 is 0. The molecule has 0 aliphatic heterocycles. The van der Waals surface area contributed by atoms with E-state index in [1.807, 2.05) is 6.92 Å². The molecule has 1 aromatic rings. The Labute approximate surface area is 115 Å². The molecule has 3 heteroatoms. The summed E-state index contributed by atoms with van der Waals surface area (Å²) in [6, 6.07) is 4.81. The van der Waals surface area contributed by atoms with Crippen LogP contribution in [-0.2, 0) is 5.88 Å². The lowest BCUT2D eigenvalue weighted by Gasteiger charge is -2.37. The van der Waals surface area contributed by atoms with Gasteiger partial charge in [-0.1, -0.05) is 19.8 Å². The van der Waals surface area contributed by atoms with E-state index in [0.29, 0.717) is 11.9 Å². The summed E-state index contributed by atoms with van der Waals surface area (Å²) in [5.41, 5.74) is 2.22. The zero-order chi connectivity index (χ0) is 13.1. The highest BCUT2D eigenvalue weighted by Crippen LogP contribution is 2.30. The molecule has 2 rings (SSSR count). The molecular weight excluding hydrogens is 244 g/mol. The standard InChI is InChI=1S/C15H23ClN2/c1-11-6-4-5-7-14(11)18(3)15-9-13(10-16)8-12(2)17-15/h8-9,11,14H,4-7,10H2,1-3H3. The molecule has 1 heterocycles. The molecule has 100 valence electrons. The first-order valence-corrected chi connectivity index (χ1v) is 7.41. The third-order valence-corrected chi connectivity index (χ3v) is 4.39. The first-order chi connectivity index (χ1) is 8.61. The third-order valence-electron chi connectivity index (χ3n) is 4.08. The van der Waals surface area contributed by atoms with Crippen molar-refractivity contribution in [2.24, 2.45) is 5.92 Å². The van der Waals surface area contributed by atoms with Gasteiger partial charge >= 0.3 is 0 Å². The minimum atomic E-state index is 0.560. The van der Waals surface area contributed by atoms with Crippen LogP contribution in [0.5, 0.6) is 0 Å². The third kappa shape index (κ3) is 2.97. The number of hydrogen-bond donors (Lipinski definition) is 0. The van der Waals surface area contributed by atoms with Gasteiger partial charge in [0.05, 0.1) is 0 Å². The fourth-order valence-corrected chi connectivity index (χ4v) is 3.18. The predicted octanol–water partition coefficient (Wildman–Crippen LogP) is 4.14. The van der Waals surface area contributed by atoms with Crippen LogP contribution in [0.25, 0.3) is 0 Å². The number of aromatic nitrogens is 1. The fraction of sp³-hybridized carbons (Fsp3) is 0.667. The van der Waals surface area contributed by atoms with Gasteiger partial charge in [-0.2, -0.15) is 0 Å². The molecule has 18 heavy (non-hydrogen) atoms. The minimum absolute atomic E-state index is 0.560. The molecule has 2 atom stereocenters. The molecule has 1 aliphatic rings. The highest BCUT2D eigenvalue weighted by molar-refractivity contribution is 6.17. The van der Waals surface area contributed by atoms with Crippen LogP contribution < -0.4 is 4.90 Å². The second kappa shape index (κ2) is 5.92. The lowest BCUT2D eigenvalue weighted by Crippen LogP contribution is -2.39.